The summed E-state index contributed by atoms with van der Waals surface area (Å²) < 4.78 is 0.998. The molecule has 0 saturated carbocycles. The normalized spacial score (nSPS) is 10.7. The SMILES string of the molecule is Cc1cccc2c(Cl)c(I)cnc12. The Bertz CT molecular complexity index is 468. The first-order valence-electron chi connectivity index (χ1n) is 3.89. The van der Waals surface area contributed by atoms with Crippen LogP contribution in [0, 0.1) is 10.5 Å². The Morgan fingerprint density at radius 1 is 1.38 bits per heavy atom. The zero-order valence-electron chi connectivity index (χ0n) is 7.01. The predicted molar refractivity (Wildman–Crippen MR) is 64.2 cm³/mol. The fourth-order valence-electron chi connectivity index (χ4n) is 1.31. The Labute approximate surface area is 95.3 Å². The fraction of sp³-hybridized carbons (Fsp3) is 0.100. The second kappa shape index (κ2) is 3.42. The molecule has 1 nitrogen and oxygen atoms in total. The first-order chi connectivity index (χ1) is 6.20. The van der Waals surface area contributed by atoms with Gasteiger partial charge in [-0.3, -0.25) is 4.98 Å². The molecule has 2 aromatic rings. The fourth-order valence-corrected chi connectivity index (χ4v) is 1.95. The molecular weight excluding hydrogens is 296 g/mol. The number of hydrogen-bond donors (Lipinski definition) is 0. The molecule has 0 atom stereocenters. The van der Waals surface area contributed by atoms with Gasteiger partial charge in [-0.15, -0.1) is 0 Å². The van der Waals surface area contributed by atoms with E-state index < -0.39 is 0 Å². The molecule has 0 fully saturated rings. The van der Waals surface area contributed by atoms with E-state index >= 15 is 0 Å². The van der Waals surface area contributed by atoms with Gasteiger partial charge in [-0.1, -0.05) is 29.8 Å². The Hall–Kier alpha value is -0.350. The van der Waals surface area contributed by atoms with Gasteiger partial charge < -0.3 is 0 Å². The van der Waals surface area contributed by atoms with Crippen molar-refractivity contribution in [3.05, 3.63) is 38.6 Å². The van der Waals surface area contributed by atoms with Gasteiger partial charge in [0.15, 0.2) is 0 Å². The van der Waals surface area contributed by atoms with Crippen molar-refractivity contribution in [3.63, 3.8) is 0 Å². The van der Waals surface area contributed by atoms with Crippen LogP contribution in [0.3, 0.4) is 0 Å². The third kappa shape index (κ3) is 1.53. The van der Waals surface area contributed by atoms with Crippen LogP contribution in [0.2, 0.25) is 5.02 Å². The number of aromatic nitrogens is 1. The standard InChI is InChI=1S/C10H7ClIN/c1-6-3-2-4-7-9(11)8(12)5-13-10(6)7/h2-5H,1H3. The quantitative estimate of drug-likeness (QED) is 0.675. The average molecular weight is 304 g/mol. The maximum Gasteiger partial charge on any atom is 0.0746 e. The van der Waals surface area contributed by atoms with Gasteiger partial charge in [0.25, 0.3) is 0 Å². The lowest BCUT2D eigenvalue weighted by Crippen LogP contribution is -1.86. The molecule has 0 N–H and O–H groups in total. The van der Waals surface area contributed by atoms with Crippen LogP contribution < -0.4 is 0 Å². The lowest BCUT2D eigenvalue weighted by atomic mass is 10.1. The minimum atomic E-state index is 0.800. The highest BCUT2D eigenvalue weighted by molar-refractivity contribution is 14.1. The van der Waals surface area contributed by atoms with E-state index in [0.29, 0.717) is 0 Å². The van der Waals surface area contributed by atoms with Crippen molar-refractivity contribution in [2.45, 2.75) is 6.92 Å². The summed E-state index contributed by atoms with van der Waals surface area (Å²) in [6, 6.07) is 6.04. The number of hydrogen-bond acceptors (Lipinski definition) is 1. The van der Waals surface area contributed by atoms with Crippen LogP contribution in [0.25, 0.3) is 10.9 Å². The summed E-state index contributed by atoms with van der Waals surface area (Å²) in [5.74, 6) is 0. The summed E-state index contributed by atoms with van der Waals surface area (Å²) in [6.45, 7) is 2.04. The first kappa shape index (κ1) is 9.21. The zero-order chi connectivity index (χ0) is 9.42. The number of para-hydroxylation sites is 1. The van der Waals surface area contributed by atoms with Gasteiger partial charge in [0.1, 0.15) is 0 Å². The minimum absolute atomic E-state index is 0.800. The molecular formula is C10H7ClIN. The van der Waals surface area contributed by atoms with Crippen LogP contribution in [0.5, 0.6) is 0 Å². The first-order valence-corrected chi connectivity index (χ1v) is 5.35. The average Bonchev–Trinajstić information content (AvgIpc) is 2.12. The van der Waals surface area contributed by atoms with Crippen LogP contribution in [0.15, 0.2) is 24.4 Å². The third-order valence-electron chi connectivity index (χ3n) is 1.99. The molecule has 13 heavy (non-hydrogen) atoms. The molecule has 0 aliphatic carbocycles. The number of aryl methyl sites for hydroxylation is 1. The number of halogens is 2. The minimum Gasteiger partial charge on any atom is -0.255 e. The Balaban J connectivity index is 2.94. The van der Waals surface area contributed by atoms with Crippen LogP contribution in [0.4, 0.5) is 0 Å². The lowest BCUT2D eigenvalue weighted by molar-refractivity contribution is 1.35. The van der Waals surface area contributed by atoms with Gasteiger partial charge in [-0.2, -0.15) is 0 Å². The molecule has 0 unspecified atom stereocenters. The third-order valence-corrected chi connectivity index (χ3v) is 3.53. The van der Waals surface area contributed by atoms with Crippen LogP contribution >= 0.6 is 34.2 Å². The highest BCUT2D eigenvalue weighted by Crippen LogP contribution is 2.27. The van der Waals surface area contributed by atoms with Crippen molar-refractivity contribution < 1.29 is 0 Å². The molecule has 0 aliphatic heterocycles. The van der Waals surface area contributed by atoms with Gasteiger partial charge in [-0.25, -0.2) is 0 Å². The lowest BCUT2D eigenvalue weighted by Gasteiger charge is -2.03. The van der Waals surface area contributed by atoms with Gasteiger partial charge in [0, 0.05) is 11.6 Å². The highest BCUT2D eigenvalue weighted by atomic mass is 127. The van der Waals surface area contributed by atoms with E-state index in [2.05, 4.69) is 27.6 Å². The van der Waals surface area contributed by atoms with Crippen LogP contribution in [0.1, 0.15) is 5.56 Å². The van der Waals surface area contributed by atoms with Crippen LogP contribution in [-0.4, -0.2) is 4.98 Å². The van der Waals surface area contributed by atoms with Crippen LogP contribution in [-0.2, 0) is 0 Å². The number of nitrogens with zero attached hydrogens (tertiary/aromatic N) is 1. The van der Waals surface area contributed by atoms with E-state index in [1.165, 1.54) is 0 Å². The summed E-state index contributed by atoms with van der Waals surface area (Å²) in [5, 5.41) is 1.84. The smallest absolute Gasteiger partial charge is 0.0746 e. The monoisotopic (exact) mass is 303 g/mol. The molecule has 0 saturated heterocycles. The second-order valence-corrected chi connectivity index (χ2v) is 4.43. The molecule has 1 aromatic carbocycles. The molecule has 0 spiro atoms. The summed E-state index contributed by atoms with van der Waals surface area (Å²) in [6.07, 6.45) is 1.80. The number of benzene rings is 1. The van der Waals surface area contributed by atoms with E-state index in [1.807, 2.05) is 25.1 Å². The van der Waals surface area contributed by atoms with E-state index in [0.717, 1.165) is 25.1 Å². The van der Waals surface area contributed by atoms with Crippen molar-refractivity contribution in [2.75, 3.05) is 0 Å². The molecule has 0 radical (unpaired) electrons. The van der Waals surface area contributed by atoms with Gasteiger partial charge in [-0.05, 0) is 35.1 Å². The van der Waals surface area contributed by atoms with Gasteiger partial charge in [0.05, 0.1) is 14.1 Å². The maximum atomic E-state index is 6.15. The maximum absolute atomic E-state index is 6.15. The van der Waals surface area contributed by atoms with Crippen molar-refractivity contribution in [2.24, 2.45) is 0 Å². The van der Waals surface area contributed by atoms with Crippen molar-refractivity contribution in [3.8, 4) is 0 Å². The van der Waals surface area contributed by atoms with E-state index in [4.69, 9.17) is 11.6 Å². The number of rotatable bonds is 0. The van der Waals surface area contributed by atoms with E-state index in [9.17, 15) is 0 Å². The van der Waals surface area contributed by atoms with Gasteiger partial charge in [0.2, 0.25) is 0 Å². The summed E-state index contributed by atoms with van der Waals surface area (Å²) in [4.78, 5) is 4.35. The number of pyridine rings is 1. The van der Waals surface area contributed by atoms with Crippen molar-refractivity contribution in [1.29, 1.82) is 0 Å². The molecule has 3 heteroatoms. The van der Waals surface area contributed by atoms with Gasteiger partial charge >= 0.3 is 0 Å². The summed E-state index contributed by atoms with van der Waals surface area (Å²) >= 11 is 8.34. The molecule has 1 aromatic heterocycles. The van der Waals surface area contributed by atoms with E-state index in [1.54, 1.807) is 6.20 Å². The van der Waals surface area contributed by atoms with Crippen molar-refractivity contribution in [1.82, 2.24) is 4.98 Å². The summed E-state index contributed by atoms with van der Waals surface area (Å²) in [5.41, 5.74) is 2.16. The predicted octanol–water partition coefficient (Wildman–Crippen LogP) is 3.80. The second-order valence-electron chi connectivity index (χ2n) is 2.89. The molecule has 66 valence electrons. The molecule has 0 amide bonds. The largest absolute Gasteiger partial charge is 0.255 e. The zero-order valence-corrected chi connectivity index (χ0v) is 9.93. The number of fused-ring (bicyclic) bond motifs is 1. The van der Waals surface area contributed by atoms with E-state index in [-0.39, 0.29) is 0 Å². The molecule has 0 bridgehead atoms. The Morgan fingerprint density at radius 3 is 2.92 bits per heavy atom. The highest BCUT2D eigenvalue weighted by Gasteiger charge is 2.05. The molecule has 0 aliphatic rings. The summed E-state index contributed by atoms with van der Waals surface area (Å²) in [7, 11) is 0. The Morgan fingerprint density at radius 2 is 2.15 bits per heavy atom. The van der Waals surface area contributed by atoms with Crippen molar-refractivity contribution >= 4 is 45.1 Å². The Kier molecular flexibility index (Phi) is 2.43. The topological polar surface area (TPSA) is 12.9 Å². The molecule has 1 heterocycles. The molecule has 2 rings (SSSR count).